The van der Waals surface area contributed by atoms with Gasteiger partial charge in [0.1, 0.15) is 0 Å². The summed E-state index contributed by atoms with van der Waals surface area (Å²) < 4.78 is 1.75. The van der Waals surface area contributed by atoms with E-state index in [1.165, 1.54) is 12.0 Å². The molecule has 1 saturated heterocycles. The minimum absolute atomic E-state index is 0.0896. The first kappa shape index (κ1) is 18.4. The number of carbonyl (C=O) groups is 1. The lowest BCUT2D eigenvalue weighted by molar-refractivity contribution is 0.0686. The molecule has 1 fully saturated rings. The molecule has 1 aliphatic rings. The summed E-state index contributed by atoms with van der Waals surface area (Å²) >= 11 is 0. The van der Waals surface area contributed by atoms with Gasteiger partial charge in [-0.2, -0.15) is 5.10 Å². The van der Waals surface area contributed by atoms with Crippen LogP contribution in [0.15, 0.2) is 61.1 Å². The molecule has 144 valence electrons. The molecule has 0 spiro atoms. The van der Waals surface area contributed by atoms with Gasteiger partial charge in [0.25, 0.3) is 5.91 Å². The third-order valence-corrected chi connectivity index (χ3v) is 5.60. The fraction of sp³-hybridized carbons (Fsp3) is 0.348. The monoisotopic (exact) mass is 374 g/mol. The van der Waals surface area contributed by atoms with Crippen molar-refractivity contribution in [3.05, 3.63) is 72.2 Å². The normalized spacial score (nSPS) is 15.0. The highest BCUT2D eigenvalue weighted by molar-refractivity contribution is 5.94. The molecule has 0 N–H and O–H groups in total. The average molecular weight is 374 g/mol. The molecular weight excluding hydrogens is 348 g/mol. The van der Waals surface area contributed by atoms with Crippen LogP contribution >= 0.6 is 0 Å². The summed E-state index contributed by atoms with van der Waals surface area (Å²) in [6.45, 7) is 1.67. The average Bonchev–Trinajstić information content (AvgIpc) is 3.19. The predicted molar refractivity (Wildman–Crippen MR) is 110 cm³/mol. The highest BCUT2D eigenvalue weighted by atomic mass is 16.2. The zero-order valence-electron chi connectivity index (χ0n) is 16.3. The van der Waals surface area contributed by atoms with E-state index in [0.29, 0.717) is 11.5 Å². The molecular formula is C23H26N4O. The Morgan fingerprint density at radius 1 is 1.07 bits per heavy atom. The van der Waals surface area contributed by atoms with E-state index in [-0.39, 0.29) is 5.91 Å². The fourth-order valence-electron chi connectivity index (χ4n) is 3.87. The lowest BCUT2D eigenvalue weighted by Crippen LogP contribution is -2.38. The van der Waals surface area contributed by atoms with Crippen LogP contribution in [0, 0.1) is 5.92 Å². The maximum atomic E-state index is 12.8. The Morgan fingerprint density at radius 2 is 1.86 bits per heavy atom. The Morgan fingerprint density at radius 3 is 2.50 bits per heavy atom. The molecule has 2 aromatic heterocycles. The van der Waals surface area contributed by atoms with Crippen molar-refractivity contribution in [3.8, 4) is 11.3 Å². The van der Waals surface area contributed by atoms with Crippen molar-refractivity contribution in [3.63, 3.8) is 0 Å². The fourth-order valence-corrected chi connectivity index (χ4v) is 3.87. The van der Waals surface area contributed by atoms with Crippen molar-refractivity contribution in [2.45, 2.75) is 25.7 Å². The number of carbonyl (C=O) groups excluding carboxylic acids is 1. The van der Waals surface area contributed by atoms with Gasteiger partial charge in [-0.05, 0) is 49.3 Å². The second-order valence-corrected chi connectivity index (χ2v) is 7.59. The highest BCUT2D eigenvalue weighted by Crippen LogP contribution is 2.24. The van der Waals surface area contributed by atoms with Crippen molar-refractivity contribution in [2.24, 2.45) is 13.0 Å². The minimum atomic E-state index is 0.0896. The molecule has 4 rings (SSSR count). The molecule has 5 heteroatoms. The molecule has 1 aromatic carbocycles. The third-order valence-electron chi connectivity index (χ3n) is 5.60. The minimum Gasteiger partial charge on any atom is -0.339 e. The van der Waals surface area contributed by atoms with Crippen molar-refractivity contribution >= 4 is 5.91 Å². The van der Waals surface area contributed by atoms with Crippen LogP contribution in [0.2, 0.25) is 0 Å². The van der Waals surface area contributed by atoms with Crippen LogP contribution in [0.25, 0.3) is 11.3 Å². The molecule has 0 atom stereocenters. The van der Waals surface area contributed by atoms with Gasteiger partial charge in [0.2, 0.25) is 0 Å². The van der Waals surface area contributed by atoms with Crippen LogP contribution in [0.4, 0.5) is 0 Å². The van der Waals surface area contributed by atoms with Crippen molar-refractivity contribution in [1.82, 2.24) is 19.7 Å². The number of amides is 1. The standard InChI is InChI=1S/C23H26N4O/c1-26-17-21(16-25-26)22-10-9-20(15-24-22)23(28)27-13-11-19(12-14-27)8-7-18-5-3-2-4-6-18/h2-6,9-10,15-17,19H,7-8,11-14H2,1H3. The largest absolute Gasteiger partial charge is 0.339 e. The molecule has 3 aromatic rings. The first-order valence-electron chi connectivity index (χ1n) is 9.97. The number of benzene rings is 1. The zero-order valence-corrected chi connectivity index (χ0v) is 16.3. The van der Waals surface area contributed by atoms with Crippen molar-refractivity contribution in [2.75, 3.05) is 13.1 Å². The molecule has 0 bridgehead atoms. The second-order valence-electron chi connectivity index (χ2n) is 7.59. The Hall–Kier alpha value is -2.95. The summed E-state index contributed by atoms with van der Waals surface area (Å²) in [5, 5.41) is 4.17. The van der Waals surface area contributed by atoms with E-state index in [4.69, 9.17) is 0 Å². The maximum absolute atomic E-state index is 12.8. The van der Waals surface area contributed by atoms with Gasteiger partial charge in [-0.15, -0.1) is 0 Å². The van der Waals surface area contributed by atoms with Crippen molar-refractivity contribution < 1.29 is 4.79 Å². The van der Waals surface area contributed by atoms with Gasteiger partial charge in [0.15, 0.2) is 0 Å². The van der Waals surface area contributed by atoms with Gasteiger partial charge in [0, 0.05) is 38.1 Å². The van der Waals surface area contributed by atoms with E-state index >= 15 is 0 Å². The van der Waals surface area contributed by atoms with Gasteiger partial charge in [0.05, 0.1) is 17.5 Å². The number of likely N-dealkylation sites (tertiary alicyclic amines) is 1. The first-order valence-corrected chi connectivity index (χ1v) is 9.97. The van der Waals surface area contributed by atoms with E-state index in [1.54, 1.807) is 17.1 Å². The van der Waals surface area contributed by atoms with Crippen molar-refractivity contribution in [1.29, 1.82) is 0 Å². The van der Waals surface area contributed by atoms with Gasteiger partial charge in [-0.3, -0.25) is 14.5 Å². The molecule has 0 saturated carbocycles. The summed E-state index contributed by atoms with van der Waals surface area (Å²) in [5.41, 5.74) is 3.86. The number of nitrogens with zero attached hydrogens (tertiary/aromatic N) is 4. The van der Waals surface area contributed by atoms with Crippen LogP contribution in [-0.4, -0.2) is 38.7 Å². The van der Waals surface area contributed by atoms with E-state index in [0.717, 1.165) is 43.6 Å². The van der Waals surface area contributed by atoms with Crippen LogP contribution in [0.1, 0.15) is 35.2 Å². The molecule has 0 radical (unpaired) electrons. The lowest BCUT2D eigenvalue weighted by atomic mass is 9.90. The molecule has 5 nitrogen and oxygen atoms in total. The van der Waals surface area contributed by atoms with Crippen LogP contribution in [0.3, 0.4) is 0 Å². The predicted octanol–water partition coefficient (Wildman–Crippen LogP) is 3.97. The Kier molecular flexibility index (Phi) is 5.51. The second kappa shape index (κ2) is 8.38. The molecule has 1 amide bonds. The van der Waals surface area contributed by atoms with E-state index < -0.39 is 0 Å². The summed E-state index contributed by atoms with van der Waals surface area (Å²) in [7, 11) is 1.88. The summed E-state index contributed by atoms with van der Waals surface area (Å²) in [4.78, 5) is 19.2. The Balaban J connectivity index is 1.30. The zero-order chi connectivity index (χ0) is 19.3. The molecule has 3 heterocycles. The number of hydrogen-bond donors (Lipinski definition) is 0. The van der Waals surface area contributed by atoms with E-state index in [2.05, 4.69) is 40.4 Å². The van der Waals surface area contributed by atoms with Gasteiger partial charge in [-0.1, -0.05) is 30.3 Å². The topological polar surface area (TPSA) is 51.0 Å². The third kappa shape index (κ3) is 4.30. The number of aromatic nitrogens is 3. The van der Waals surface area contributed by atoms with Gasteiger partial charge < -0.3 is 4.90 Å². The van der Waals surface area contributed by atoms with Gasteiger partial charge in [-0.25, -0.2) is 0 Å². The summed E-state index contributed by atoms with van der Waals surface area (Å²) in [5.74, 6) is 0.794. The number of aryl methyl sites for hydroxylation is 2. The first-order chi connectivity index (χ1) is 13.7. The maximum Gasteiger partial charge on any atom is 0.255 e. The number of hydrogen-bond acceptors (Lipinski definition) is 3. The number of piperidine rings is 1. The van der Waals surface area contributed by atoms with E-state index in [9.17, 15) is 4.79 Å². The summed E-state index contributed by atoms with van der Waals surface area (Å²) in [6, 6.07) is 14.4. The quantitative estimate of drug-likeness (QED) is 0.679. The molecule has 0 aliphatic carbocycles. The Labute approximate surface area is 166 Å². The van der Waals surface area contributed by atoms with Crippen LogP contribution in [-0.2, 0) is 13.5 Å². The summed E-state index contributed by atoms with van der Waals surface area (Å²) in [6.07, 6.45) is 9.88. The lowest BCUT2D eigenvalue weighted by Gasteiger charge is -2.32. The highest BCUT2D eigenvalue weighted by Gasteiger charge is 2.23. The molecule has 0 unspecified atom stereocenters. The number of rotatable bonds is 5. The number of pyridine rings is 1. The van der Waals surface area contributed by atoms with Crippen LogP contribution in [0.5, 0.6) is 0 Å². The van der Waals surface area contributed by atoms with Crippen LogP contribution < -0.4 is 0 Å². The Bertz CT molecular complexity index is 909. The van der Waals surface area contributed by atoms with E-state index in [1.807, 2.05) is 30.3 Å². The SMILES string of the molecule is Cn1cc(-c2ccc(C(=O)N3CCC(CCc4ccccc4)CC3)cn2)cn1. The van der Waals surface area contributed by atoms with Gasteiger partial charge >= 0.3 is 0 Å². The smallest absolute Gasteiger partial charge is 0.255 e. The molecule has 28 heavy (non-hydrogen) atoms. The molecule has 1 aliphatic heterocycles.